The normalized spacial score (nSPS) is 11.3. The van der Waals surface area contributed by atoms with Crippen LogP contribution in [0.2, 0.25) is 5.02 Å². The summed E-state index contributed by atoms with van der Waals surface area (Å²) in [6, 6.07) is 9.49. The van der Waals surface area contributed by atoms with Gasteiger partial charge in [-0.3, -0.25) is 0 Å². The Kier molecular flexibility index (Phi) is 3.75. The van der Waals surface area contributed by atoms with Crippen LogP contribution in [0.4, 0.5) is 4.39 Å². The maximum Gasteiger partial charge on any atom is 0.238 e. The molecule has 0 aliphatic heterocycles. The lowest BCUT2D eigenvalue weighted by Gasteiger charge is -2.07. The van der Waals surface area contributed by atoms with E-state index in [0.717, 1.165) is 6.07 Å². The highest BCUT2D eigenvalue weighted by Crippen LogP contribution is 2.27. The minimum absolute atomic E-state index is 0.102. The van der Waals surface area contributed by atoms with E-state index in [9.17, 15) is 12.8 Å². The van der Waals surface area contributed by atoms with Crippen molar-refractivity contribution < 1.29 is 17.5 Å². The fourth-order valence-electron chi connectivity index (χ4n) is 1.37. The molecule has 0 saturated carbocycles. The fraction of sp³-hybridized carbons (Fsp3) is 0. The molecule has 0 bridgehead atoms. The third-order valence-corrected chi connectivity index (χ3v) is 3.44. The van der Waals surface area contributed by atoms with Gasteiger partial charge in [0.15, 0.2) is 11.6 Å². The van der Waals surface area contributed by atoms with Crippen LogP contribution in [0, 0.1) is 5.82 Å². The average molecular weight is 302 g/mol. The Morgan fingerprint density at radius 3 is 2.26 bits per heavy atom. The summed E-state index contributed by atoms with van der Waals surface area (Å²) in [7, 11) is -3.93. The molecule has 2 aromatic carbocycles. The van der Waals surface area contributed by atoms with Gasteiger partial charge in [0.25, 0.3) is 0 Å². The van der Waals surface area contributed by atoms with Gasteiger partial charge in [-0.2, -0.15) is 0 Å². The van der Waals surface area contributed by atoms with E-state index in [1.54, 1.807) is 24.3 Å². The monoisotopic (exact) mass is 301 g/mol. The topological polar surface area (TPSA) is 69.4 Å². The predicted molar refractivity (Wildman–Crippen MR) is 69.3 cm³/mol. The van der Waals surface area contributed by atoms with E-state index >= 15 is 0 Å². The molecule has 4 nitrogen and oxygen atoms in total. The van der Waals surface area contributed by atoms with Gasteiger partial charge < -0.3 is 4.74 Å². The van der Waals surface area contributed by atoms with Gasteiger partial charge in [-0.05, 0) is 42.5 Å². The van der Waals surface area contributed by atoms with Gasteiger partial charge in [0.05, 0.1) is 4.90 Å². The second-order valence-electron chi connectivity index (χ2n) is 3.69. The van der Waals surface area contributed by atoms with Crippen molar-refractivity contribution in [2.75, 3.05) is 0 Å². The minimum Gasteiger partial charge on any atom is -0.454 e. The van der Waals surface area contributed by atoms with Crippen LogP contribution in [0.3, 0.4) is 0 Å². The van der Waals surface area contributed by atoms with E-state index in [-0.39, 0.29) is 10.6 Å². The number of rotatable bonds is 3. The largest absolute Gasteiger partial charge is 0.454 e. The van der Waals surface area contributed by atoms with Gasteiger partial charge in [0.2, 0.25) is 10.0 Å². The zero-order valence-corrected chi connectivity index (χ0v) is 11.1. The van der Waals surface area contributed by atoms with Crippen LogP contribution < -0.4 is 9.88 Å². The summed E-state index contributed by atoms with van der Waals surface area (Å²) in [4.78, 5) is -0.312. The first-order chi connectivity index (χ1) is 8.86. The number of halogens is 2. The molecule has 19 heavy (non-hydrogen) atoms. The van der Waals surface area contributed by atoms with Crippen LogP contribution in [0.25, 0.3) is 0 Å². The number of primary sulfonamides is 1. The SMILES string of the molecule is NS(=O)(=O)c1ccc(Oc2ccc(Cl)cc2)c(F)c1. The summed E-state index contributed by atoms with van der Waals surface area (Å²) in [6.07, 6.45) is 0. The lowest BCUT2D eigenvalue weighted by Crippen LogP contribution is -2.12. The molecule has 0 heterocycles. The molecule has 0 spiro atoms. The molecule has 0 unspecified atom stereocenters. The molecule has 2 rings (SSSR count). The minimum atomic E-state index is -3.93. The summed E-state index contributed by atoms with van der Waals surface area (Å²) in [5, 5.41) is 5.42. The summed E-state index contributed by atoms with van der Waals surface area (Å²) in [5.41, 5.74) is 0. The van der Waals surface area contributed by atoms with Crippen molar-refractivity contribution in [1.82, 2.24) is 0 Å². The lowest BCUT2D eigenvalue weighted by molar-refractivity contribution is 0.441. The van der Waals surface area contributed by atoms with Crippen molar-refractivity contribution in [2.45, 2.75) is 4.90 Å². The summed E-state index contributed by atoms with van der Waals surface area (Å²) in [5.74, 6) is -0.539. The van der Waals surface area contributed by atoms with Gasteiger partial charge in [-0.1, -0.05) is 11.6 Å². The first-order valence-electron chi connectivity index (χ1n) is 5.12. The van der Waals surface area contributed by atoms with Crippen LogP contribution in [0.5, 0.6) is 11.5 Å². The van der Waals surface area contributed by atoms with E-state index < -0.39 is 15.8 Å². The number of hydrogen-bond donors (Lipinski definition) is 1. The number of nitrogens with two attached hydrogens (primary N) is 1. The Labute approximate surface area is 114 Å². The molecule has 0 atom stereocenters. The highest BCUT2D eigenvalue weighted by molar-refractivity contribution is 7.89. The van der Waals surface area contributed by atoms with E-state index in [4.69, 9.17) is 21.5 Å². The number of benzene rings is 2. The lowest BCUT2D eigenvalue weighted by atomic mass is 10.3. The Morgan fingerprint density at radius 2 is 1.74 bits per heavy atom. The number of hydrogen-bond acceptors (Lipinski definition) is 3. The molecular formula is C12H9ClFNO3S. The number of sulfonamides is 1. The third kappa shape index (κ3) is 3.44. The highest BCUT2D eigenvalue weighted by atomic mass is 35.5. The van der Waals surface area contributed by atoms with Crippen molar-refractivity contribution in [1.29, 1.82) is 0 Å². The van der Waals surface area contributed by atoms with E-state index in [1.165, 1.54) is 12.1 Å². The van der Waals surface area contributed by atoms with Crippen LogP contribution in [0.1, 0.15) is 0 Å². The molecule has 0 amide bonds. The molecule has 0 fully saturated rings. The number of ether oxygens (including phenoxy) is 1. The Morgan fingerprint density at radius 1 is 1.11 bits per heavy atom. The molecule has 0 saturated heterocycles. The van der Waals surface area contributed by atoms with Crippen LogP contribution in [-0.4, -0.2) is 8.42 Å². The van der Waals surface area contributed by atoms with Gasteiger partial charge in [0, 0.05) is 5.02 Å². The van der Waals surface area contributed by atoms with Gasteiger partial charge >= 0.3 is 0 Å². The quantitative estimate of drug-likeness (QED) is 0.947. The predicted octanol–water partition coefficient (Wildman–Crippen LogP) is 2.92. The third-order valence-electron chi connectivity index (χ3n) is 2.27. The second kappa shape index (κ2) is 5.16. The maximum absolute atomic E-state index is 13.7. The second-order valence-corrected chi connectivity index (χ2v) is 5.69. The Bertz CT molecular complexity index is 701. The van der Waals surface area contributed by atoms with E-state index in [2.05, 4.69) is 0 Å². The molecule has 0 aliphatic rings. The van der Waals surface area contributed by atoms with Crippen molar-refractivity contribution in [2.24, 2.45) is 5.14 Å². The Balaban J connectivity index is 2.29. The molecule has 0 radical (unpaired) electrons. The van der Waals surface area contributed by atoms with Crippen LogP contribution in [-0.2, 0) is 10.0 Å². The summed E-state index contributed by atoms with van der Waals surface area (Å²) >= 11 is 5.71. The summed E-state index contributed by atoms with van der Waals surface area (Å²) in [6.45, 7) is 0. The van der Waals surface area contributed by atoms with Crippen molar-refractivity contribution in [3.8, 4) is 11.5 Å². The molecule has 100 valence electrons. The molecule has 2 aromatic rings. The first kappa shape index (κ1) is 13.8. The first-order valence-corrected chi connectivity index (χ1v) is 7.04. The van der Waals surface area contributed by atoms with E-state index in [0.29, 0.717) is 10.8 Å². The molecule has 2 N–H and O–H groups in total. The van der Waals surface area contributed by atoms with Crippen LogP contribution >= 0.6 is 11.6 Å². The molecule has 7 heteroatoms. The van der Waals surface area contributed by atoms with E-state index in [1.807, 2.05) is 0 Å². The van der Waals surface area contributed by atoms with Crippen molar-refractivity contribution >= 4 is 21.6 Å². The zero-order valence-electron chi connectivity index (χ0n) is 9.51. The molecular weight excluding hydrogens is 293 g/mol. The van der Waals surface area contributed by atoms with Gasteiger partial charge in [-0.15, -0.1) is 0 Å². The molecule has 0 aromatic heterocycles. The van der Waals surface area contributed by atoms with Crippen LogP contribution in [0.15, 0.2) is 47.4 Å². The smallest absolute Gasteiger partial charge is 0.238 e. The summed E-state index contributed by atoms with van der Waals surface area (Å²) < 4.78 is 41.0. The zero-order chi connectivity index (χ0) is 14.0. The standard InChI is InChI=1S/C12H9ClFNO3S/c13-8-1-3-9(4-2-8)18-12-6-5-10(7-11(12)14)19(15,16)17/h1-7H,(H2,15,16,17). The average Bonchev–Trinajstić information content (AvgIpc) is 2.33. The van der Waals surface area contributed by atoms with Gasteiger partial charge in [0.1, 0.15) is 5.75 Å². The maximum atomic E-state index is 13.7. The Hall–Kier alpha value is -1.63. The van der Waals surface area contributed by atoms with Crippen molar-refractivity contribution in [3.63, 3.8) is 0 Å². The highest BCUT2D eigenvalue weighted by Gasteiger charge is 2.12. The van der Waals surface area contributed by atoms with Crippen molar-refractivity contribution in [3.05, 3.63) is 53.3 Å². The molecule has 0 aliphatic carbocycles. The van der Waals surface area contributed by atoms with Gasteiger partial charge in [-0.25, -0.2) is 17.9 Å². The fourth-order valence-corrected chi connectivity index (χ4v) is 2.02.